The number of esters is 1. The van der Waals surface area contributed by atoms with Crippen molar-refractivity contribution in [3.05, 3.63) is 67.3 Å². The van der Waals surface area contributed by atoms with Crippen LogP contribution in [0.4, 0.5) is 5.69 Å². The van der Waals surface area contributed by atoms with Crippen molar-refractivity contribution in [3.63, 3.8) is 0 Å². The number of halogens is 2. The van der Waals surface area contributed by atoms with E-state index in [1.54, 1.807) is 12.1 Å². The summed E-state index contributed by atoms with van der Waals surface area (Å²) in [6.45, 7) is 2.22. The molecule has 1 heterocycles. The number of carbonyl (C=O) groups excluding carboxylic acids is 1. The minimum Gasteiger partial charge on any atom is -0.493 e. The Morgan fingerprint density at radius 1 is 1.24 bits per heavy atom. The molecule has 2 aromatic rings. The molecule has 0 amide bonds. The minimum absolute atomic E-state index is 0.0233. The molecule has 0 spiro atoms. The molecule has 0 N–H and O–H groups in total. The van der Waals surface area contributed by atoms with Gasteiger partial charge in [0.2, 0.25) is 5.90 Å². The normalized spacial score (nSPS) is 14.6. The number of hydrogen-bond acceptors (Lipinski definition) is 7. The highest BCUT2D eigenvalue weighted by Gasteiger charge is 2.27. The number of nitrogens with zero attached hydrogens (tertiary/aromatic N) is 2. The molecule has 29 heavy (non-hydrogen) atoms. The van der Waals surface area contributed by atoms with Crippen LogP contribution >= 0.6 is 23.2 Å². The Balaban J connectivity index is 2.01. The SMILES string of the molecule is CCOc1c(Cl)cc(/C=C2\N=C(c3cc([N+](=O)[O-])ccc3Cl)OC2=O)cc1OC. The fourth-order valence-corrected chi connectivity index (χ4v) is 3.05. The van der Waals surface area contributed by atoms with E-state index in [0.717, 1.165) is 0 Å². The van der Waals surface area contributed by atoms with Gasteiger partial charge in [0.25, 0.3) is 5.69 Å². The first-order chi connectivity index (χ1) is 13.8. The van der Waals surface area contributed by atoms with E-state index in [1.807, 2.05) is 6.92 Å². The van der Waals surface area contributed by atoms with Crippen molar-refractivity contribution in [3.8, 4) is 11.5 Å². The molecule has 3 rings (SSSR count). The van der Waals surface area contributed by atoms with Gasteiger partial charge in [0.1, 0.15) is 0 Å². The predicted octanol–water partition coefficient (Wildman–Crippen LogP) is 4.65. The average Bonchev–Trinajstić information content (AvgIpc) is 3.04. The van der Waals surface area contributed by atoms with Crippen LogP contribution in [-0.4, -0.2) is 30.5 Å². The standard InChI is InChI=1S/C19H14Cl2N2O6/c1-3-28-17-14(21)6-10(8-16(17)27-2)7-15-19(24)29-18(22-15)12-9-11(23(25)26)4-5-13(12)20/h4-9H,3H2,1-2H3/b15-7-. The maximum atomic E-state index is 12.2. The Labute approximate surface area is 175 Å². The molecule has 1 aliphatic heterocycles. The predicted molar refractivity (Wildman–Crippen MR) is 108 cm³/mol. The van der Waals surface area contributed by atoms with Gasteiger partial charge in [-0.1, -0.05) is 23.2 Å². The highest BCUT2D eigenvalue weighted by Crippen LogP contribution is 2.37. The molecule has 0 fully saturated rings. The molecule has 0 atom stereocenters. The Hall–Kier alpha value is -3.10. The number of methoxy groups -OCH3 is 1. The molecular formula is C19H14Cl2N2O6. The molecule has 0 aliphatic carbocycles. The lowest BCUT2D eigenvalue weighted by atomic mass is 10.1. The molecule has 0 radical (unpaired) electrons. The van der Waals surface area contributed by atoms with E-state index in [9.17, 15) is 14.9 Å². The minimum atomic E-state index is -0.730. The maximum Gasteiger partial charge on any atom is 0.363 e. The largest absolute Gasteiger partial charge is 0.493 e. The zero-order valence-electron chi connectivity index (χ0n) is 15.3. The smallest absolute Gasteiger partial charge is 0.363 e. The zero-order valence-corrected chi connectivity index (χ0v) is 16.8. The summed E-state index contributed by atoms with van der Waals surface area (Å²) in [5.41, 5.74) is 0.436. The van der Waals surface area contributed by atoms with E-state index in [0.29, 0.717) is 28.7 Å². The van der Waals surface area contributed by atoms with Crippen LogP contribution in [0.1, 0.15) is 18.1 Å². The first kappa shape index (κ1) is 20.6. The lowest BCUT2D eigenvalue weighted by molar-refractivity contribution is -0.384. The highest BCUT2D eigenvalue weighted by atomic mass is 35.5. The summed E-state index contributed by atoms with van der Waals surface area (Å²) in [6.07, 6.45) is 1.45. The van der Waals surface area contributed by atoms with Crippen LogP contribution in [0.3, 0.4) is 0 Å². The third-order valence-electron chi connectivity index (χ3n) is 3.86. The van der Waals surface area contributed by atoms with Crippen molar-refractivity contribution in [2.75, 3.05) is 13.7 Å². The maximum absolute atomic E-state index is 12.2. The topological polar surface area (TPSA) is 100 Å². The second kappa shape index (κ2) is 8.50. The van der Waals surface area contributed by atoms with Crippen molar-refractivity contribution in [1.29, 1.82) is 0 Å². The van der Waals surface area contributed by atoms with E-state index in [2.05, 4.69) is 4.99 Å². The van der Waals surface area contributed by atoms with E-state index < -0.39 is 10.9 Å². The quantitative estimate of drug-likeness (QED) is 0.282. The Morgan fingerprint density at radius 3 is 2.66 bits per heavy atom. The van der Waals surface area contributed by atoms with Crippen LogP contribution < -0.4 is 9.47 Å². The van der Waals surface area contributed by atoms with Crippen LogP contribution in [0.25, 0.3) is 6.08 Å². The second-order valence-corrected chi connectivity index (χ2v) is 6.54. The van der Waals surface area contributed by atoms with E-state index in [4.69, 9.17) is 37.4 Å². The monoisotopic (exact) mass is 436 g/mol. The third kappa shape index (κ3) is 4.33. The average molecular weight is 437 g/mol. The lowest BCUT2D eigenvalue weighted by Gasteiger charge is -2.11. The van der Waals surface area contributed by atoms with Gasteiger partial charge in [0, 0.05) is 12.1 Å². The number of carbonyl (C=O) groups is 1. The summed E-state index contributed by atoms with van der Waals surface area (Å²) in [5, 5.41) is 11.4. The molecule has 10 heteroatoms. The summed E-state index contributed by atoms with van der Waals surface area (Å²) in [6, 6.07) is 6.99. The number of benzene rings is 2. The van der Waals surface area contributed by atoms with E-state index in [-0.39, 0.29) is 27.9 Å². The van der Waals surface area contributed by atoms with E-state index in [1.165, 1.54) is 31.4 Å². The van der Waals surface area contributed by atoms with Crippen LogP contribution in [0.5, 0.6) is 11.5 Å². The molecule has 8 nitrogen and oxygen atoms in total. The second-order valence-electron chi connectivity index (χ2n) is 5.72. The van der Waals surface area contributed by atoms with Crippen molar-refractivity contribution in [2.24, 2.45) is 4.99 Å². The molecule has 1 aliphatic rings. The number of cyclic esters (lactones) is 1. The summed E-state index contributed by atoms with van der Waals surface area (Å²) in [7, 11) is 1.47. The van der Waals surface area contributed by atoms with Crippen LogP contribution in [0.2, 0.25) is 10.0 Å². The number of rotatable bonds is 6. The molecule has 0 saturated carbocycles. The number of aliphatic imine (C=N–C) groups is 1. The van der Waals surface area contributed by atoms with Crippen LogP contribution in [0, 0.1) is 10.1 Å². The summed E-state index contributed by atoms with van der Waals surface area (Å²) >= 11 is 12.3. The van der Waals surface area contributed by atoms with E-state index >= 15 is 0 Å². The molecule has 150 valence electrons. The first-order valence-corrected chi connectivity index (χ1v) is 9.06. The van der Waals surface area contributed by atoms with Gasteiger partial charge in [-0.3, -0.25) is 10.1 Å². The summed E-state index contributed by atoms with van der Waals surface area (Å²) in [5.74, 6) is -0.0747. The number of non-ortho nitro benzene ring substituents is 1. The van der Waals surface area contributed by atoms with Gasteiger partial charge in [-0.2, -0.15) is 0 Å². The van der Waals surface area contributed by atoms with Gasteiger partial charge in [-0.15, -0.1) is 0 Å². The van der Waals surface area contributed by atoms with Crippen molar-refractivity contribution < 1.29 is 23.9 Å². The van der Waals surface area contributed by atoms with Crippen molar-refractivity contribution in [1.82, 2.24) is 0 Å². The van der Waals surface area contributed by atoms with Gasteiger partial charge in [0.05, 0.1) is 34.2 Å². The first-order valence-electron chi connectivity index (χ1n) is 8.31. The zero-order chi connectivity index (χ0) is 21.1. The molecule has 0 saturated heterocycles. The molecule has 0 aromatic heterocycles. The number of ether oxygens (including phenoxy) is 3. The van der Waals surface area contributed by atoms with Gasteiger partial charge >= 0.3 is 5.97 Å². The highest BCUT2D eigenvalue weighted by molar-refractivity contribution is 6.34. The molecule has 0 unspecified atom stereocenters. The van der Waals surface area contributed by atoms with Gasteiger partial charge in [-0.25, -0.2) is 9.79 Å². The fraction of sp³-hybridized carbons (Fsp3) is 0.158. The van der Waals surface area contributed by atoms with Crippen LogP contribution in [0.15, 0.2) is 41.0 Å². The summed E-state index contributed by atoms with van der Waals surface area (Å²) in [4.78, 5) is 26.8. The summed E-state index contributed by atoms with van der Waals surface area (Å²) < 4.78 is 15.9. The Bertz CT molecular complexity index is 1060. The molecular weight excluding hydrogens is 423 g/mol. The third-order valence-corrected chi connectivity index (χ3v) is 4.47. The fourth-order valence-electron chi connectivity index (χ4n) is 2.58. The van der Waals surface area contributed by atoms with Crippen molar-refractivity contribution in [2.45, 2.75) is 6.92 Å². The van der Waals surface area contributed by atoms with Crippen LogP contribution in [-0.2, 0) is 9.53 Å². The number of nitro groups is 1. The van der Waals surface area contributed by atoms with Gasteiger partial charge in [-0.05, 0) is 36.8 Å². The molecule has 2 aromatic carbocycles. The number of hydrogen-bond donors (Lipinski definition) is 0. The van der Waals surface area contributed by atoms with Crippen molar-refractivity contribution >= 4 is 46.8 Å². The Morgan fingerprint density at radius 2 is 2.00 bits per heavy atom. The van der Waals surface area contributed by atoms with Gasteiger partial charge in [0.15, 0.2) is 17.2 Å². The Kier molecular flexibility index (Phi) is 6.05. The lowest BCUT2D eigenvalue weighted by Crippen LogP contribution is -2.06. The number of nitro benzene ring substituents is 1. The molecule has 0 bridgehead atoms. The van der Waals surface area contributed by atoms with Gasteiger partial charge < -0.3 is 14.2 Å².